The van der Waals surface area contributed by atoms with Crippen molar-refractivity contribution in [2.75, 3.05) is 6.54 Å². The molecular weight excluding hydrogens is 346 g/mol. The van der Waals surface area contributed by atoms with E-state index in [9.17, 15) is 19.2 Å². The van der Waals surface area contributed by atoms with Gasteiger partial charge in [-0.1, -0.05) is 12.1 Å². The first-order valence-electron chi connectivity index (χ1n) is 7.49. The van der Waals surface area contributed by atoms with Crippen LogP contribution in [-0.2, 0) is 19.1 Å². The van der Waals surface area contributed by atoms with Crippen molar-refractivity contribution in [3.8, 4) is 5.75 Å². The standard InChI is InChI=1S/C17H17NO6S/c1-10(2)23-15(20)9-18-16(21)14(25-17(18)22)8-12-4-6-13(7-5-12)24-11(3)19/h4-8,10H,9H2,1-3H3/b14-8-. The Morgan fingerprint density at radius 2 is 1.84 bits per heavy atom. The molecule has 0 radical (unpaired) electrons. The van der Waals surface area contributed by atoms with Gasteiger partial charge >= 0.3 is 11.9 Å². The van der Waals surface area contributed by atoms with Gasteiger partial charge in [-0.15, -0.1) is 0 Å². The van der Waals surface area contributed by atoms with Crippen LogP contribution >= 0.6 is 11.8 Å². The number of ether oxygens (including phenoxy) is 2. The monoisotopic (exact) mass is 363 g/mol. The van der Waals surface area contributed by atoms with Crippen LogP contribution in [0.1, 0.15) is 26.3 Å². The number of esters is 2. The number of amides is 2. The Labute approximate surface area is 149 Å². The number of rotatable bonds is 5. The molecule has 1 aromatic rings. The van der Waals surface area contributed by atoms with Gasteiger partial charge in [0.15, 0.2) is 0 Å². The average Bonchev–Trinajstić information content (AvgIpc) is 2.75. The summed E-state index contributed by atoms with van der Waals surface area (Å²) in [4.78, 5) is 47.8. The number of imide groups is 1. The van der Waals surface area contributed by atoms with Gasteiger partial charge < -0.3 is 9.47 Å². The van der Waals surface area contributed by atoms with Crippen LogP contribution in [0.25, 0.3) is 6.08 Å². The molecule has 0 spiro atoms. The van der Waals surface area contributed by atoms with Crippen LogP contribution in [0, 0.1) is 0 Å². The molecule has 1 aromatic carbocycles. The first-order valence-corrected chi connectivity index (χ1v) is 8.31. The van der Waals surface area contributed by atoms with Gasteiger partial charge in [0.25, 0.3) is 11.1 Å². The molecule has 1 aliphatic heterocycles. The number of hydrogen-bond donors (Lipinski definition) is 0. The second-order valence-corrected chi connectivity index (χ2v) is 6.46. The van der Waals surface area contributed by atoms with E-state index in [4.69, 9.17) is 9.47 Å². The van der Waals surface area contributed by atoms with Crippen molar-refractivity contribution in [2.24, 2.45) is 0 Å². The average molecular weight is 363 g/mol. The van der Waals surface area contributed by atoms with E-state index < -0.39 is 29.6 Å². The molecule has 0 aliphatic carbocycles. The zero-order valence-electron chi connectivity index (χ0n) is 14.0. The molecule has 1 saturated heterocycles. The van der Waals surface area contributed by atoms with Crippen molar-refractivity contribution in [3.05, 3.63) is 34.7 Å². The van der Waals surface area contributed by atoms with Crippen molar-refractivity contribution in [3.63, 3.8) is 0 Å². The van der Waals surface area contributed by atoms with E-state index in [1.807, 2.05) is 0 Å². The Morgan fingerprint density at radius 3 is 2.40 bits per heavy atom. The largest absolute Gasteiger partial charge is 0.462 e. The summed E-state index contributed by atoms with van der Waals surface area (Å²) in [6.07, 6.45) is 1.22. The van der Waals surface area contributed by atoms with Crippen LogP contribution in [0.2, 0.25) is 0 Å². The second kappa shape index (κ2) is 7.98. The minimum atomic E-state index is -0.635. The smallest absolute Gasteiger partial charge is 0.326 e. The molecule has 7 nitrogen and oxygen atoms in total. The maximum Gasteiger partial charge on any atom is 0.326 e. The third kappa shape index (κ3) is 5.18. The van der Waals surface area contributed by atoms with Crippen molar-refractivity contribution in [1.29, 1.82) is 0 Å². The van der Waals surface area contributed by atoms with E-state index in [1.165, 1.54) is 13.0 Å². The summed E-state index contributed by atoms with van der Waals surface area (Å²) in [5, 5.41) is -0.520. The van der Waals surface area contributed by atoms with E-state index in [2.05, 4.69) is 0 Å². The summed E-state index contributed by atoms with van der Waals surface area (Å²) in [7, 11) is 0. The fourth-order valence-electron chi connectivity index (χ4n) is 2.01. The Hall–Kier alpha value is -2.61. The third-order valence-electron chi connectivity index (χ3n) is 2.97. The van der Waals surface area contributed by atoms with Crippen molar-refractivity contribution in [1.82, 2.24) is 4.90 Å². The zero-order valence-corrected chi connectivity index (χ0v) is 14.8. The highest BCUT2D eigenvalue weighted by Gasteiger charge is 2.36. The van der Waals surface area contributed by atoms with Crippen LogP contribution in [-0.4, -0.2) is 40.6 Å². The normalized spacial score (nSPS) is 15.8. The Morgan fingerprint density at radius 1 is 1.20 bits per heavy atom. The summed E-state index contributed by atoms with van der Waals surface area (Å²) in [6, 6.07) is 6.47. The van der Waals surface area contributed by atoms with Crippen LogP contribution in [0.5, 0.6) is 5.75 Å². The van der Waals surface area contributed by atoms with Crippen LogP contribution in [0.3, 0.4) is 0 Å². The molecule has 2 rings (SSSR count). The number of hydrogen-bond acceptors (Lipinski definition) is 7. The first-order chi connectivity index (χ1) is 11.8. The molecule has 8 heteroatoms. The van der Waals surface area contributed by atoms with Crippen LogP contribution in [0.15, 0.2) is 29.2 Å². The number of carbonyl (C=O) groups excluding carboxylic acids is 4. The Kier molecular flexibility index (Phi) is 5.97. The summed E-state index contributed by atoms with van der Waals surface area (Å²) < 4.78 is 9.88. The van der Waals surface area contributed by atoms with Crippen LogP contribution in [0.4, 0.5) is 4.79 Å². The number of benzene rings is 1. The molecule has 2 amide bonds. The van der Waals surface area contributed by atoms with Crippen LogP contribution < -0.4 is 4.74 Å². The summed E-state index contributed by atoms with van der Waals surface area (Å²) >= 11 is 0.758. The van der Waals surface area contributed by atoms with Gasteiger partial charge in [-0.05, 0) is 49.4 Å². The minimum Gasteiger partial charge on any atom is -0.462 e. The number of nitrogens with zero attached hydrogens (tertiary/aromatic N) is 1. The molecule has 0 unspecified atom stereocenters. The lowest BCUT2D eigenvalue weighted by Crippen LogP contribution is -2.35. The second-order valence-electron chi connectivity index (χ2n) is 5.47. The lowest BCUT2D eigenvalue weighted by Gasteiger charge is -2.13. The third-order valence-corrected chi connectivity index (χ3v) is 3.87. The summed E-state index contributed by atoms with van der Waals surface area (Å²) in [5.74, 6) is -1.22. The van der Waals surface area contributed by atoms with Gasteiger partial charge in [0.1, 0.15) is 12.3 Å². The fourth-order valence-corrected chi connectivity index (χ4v) is 2.85. The van der Waals surface area contributed by atoms with Crippen molar-refractivity contribution >= 4 is 40.9 Å². The van der Waals surface area contributed by atoms with Gasteiger partial charge in [-0.2, -0.15) is 0 Å². The Bertz CT molecular complexity index is 738. The summed E-state index contributed by atoms with van der Waals surface area (Å²) in [6.45, 7) is 4.26. The molecule has 0 bridgehead atoms. The fraction of sp³-hybridized carbons (Fsp3) is 0.294. The van der Waals surface area contributed by atoms with E-state index >= 15 is 0 Å². The molecule has 0 saturated carbocycles. The predicted octanol–water partition coefficient (Wildman–Crippen LogP) is 2.60. The quantitative estimate of drug-likeness (QED) is 0.451. The number of carbonyl (C=O) groups is 4. The minimum absolute atomic E-state index is 0.211. The lowest BCUT2D eigenvalue weighted by atomic mass is 10.2. The zero-order chi connectivity index (χ0) is 18.6. The molecule has 0 atom stereocenters. The van der Waals surface area contributed by atoms with Gasteiger partial charge in [-0.3, -0.25) is 24.1 Å². The topological polar surface area (TPSA) is 90.0 Å². The molecule has 25 heavy (non-hydrogen) atoms. The van der Waals surface area contributed by atoms with E-state index in [0.717, 1.165) is 16.7 Å². The SMILES string of the molecule is CC(=O)Oc1ccc(/C=C2\SC(=O)N(CC(=O)OC(C)C)C2=O)cc1. The molecule has 0 aromatic heterocycles. The van der Waals surface area contributed by atoms with E-state index in [1.54, 1.807) is 38.1 Å². The van der Waals surface area contributed by atoms with E-state index in [-0.39, 0.29) is 11.0 Å². The predicted molar refractivity (Wildman–Crippen MR) is 91.7 cm³/mol. The van der Waals surface area contributed by atoms with Gasteiger partial charge in [-0.25, -0.2) is 0 Å². The lowest BCUT2D eigenvalue weighted by molar-refractivity contribution is -0.149. The molecule has 1 heterocycles. The molecular formula is C17H17NO6S. The highest BCUT2D eigenvalue weighted by molar-refractivity contribution is 8.18. The highest BCUT2D eigenvalue weighted by Crippen LogP contribution is 2.32. The van der Waals surface area contributed by atoms with Gasteiger partial charge in [0, 0.05) is 6.92 Å². The van der Waals surface area contributed by atoms with Gasteiger partial charge in [0.05, 0.1) is 11.0 Å². The maximum absolute atomic E-state index is 12.3. The maximum atomic E-state index is 12.3. The molecule has 1 aliphatic rings. The van der Waals surface area contributed by atoms with Crippen molar-refractivity contribution in [2.45, 2.75) is 26.9 Å². The van der Waals surface area contributed by atoms with Gasteiger partial charge in [0.2, 0.25) is 0 Å². The highest BCUT2D eigenvalue weighted by atomic mass is 32.2. The number of thioether (sulfide) groups is 1. The molecule has 132 valence electrons. The molecule has 0 N–H and O–H groups in total. The molecule has 1 fully saturated rings. The van der Waals surface area contributed by atoms with E-state index in [0.29, 0.717) is 11.3 Å². The van der Waals surface area contributed by atoms with Crippen molar-refractivity contribution < 1.29 is 28.7 Å². The first kappa shape index (κ1) is 18.7. The summed E-state index contributed by atoms with van der Waals surface area (Å²) in [5.41, 5.74) is 0.658. The Balaban J connectivity index is 2.09.